The van der Waals surface area contributed by atoms with E-state index >= 15 is 0 Å². The van der Waals surface area contributed by atoms with Crippen LogP contribution in [0.1, 0.15) is 33.7 Å². The maximum atomic E-state index is 14.2. The number of alkyl halides is 6. The Hall–Kier alpha value is -4.66. The number of carbonyl (C=O) groups is 2. The SMILES string of the molecule is CS(=O)(=O)c1ccccc1-c1ccc(N2CCCc3c(C(F)(F)F)nn(-c4ccccc4CNC(=O)C(F)(F)F)c3C2=O)cc1. The van der Waals surface area contributed by atoms with E-state index in [1.807, 2.05) is 0 Å². The molecular weight excluding hydrogens is 626 g/mol. The number of nitrogens with one attached hydrogen (secondary N) is 1. The van der Waals surface area contributed by atoms with E-state index in [4.69, 9.17) is 0 Å². The average Bonchev–Trinajstić information content (AvgIpc) is 3.29. The third-order valence-electron chi connectivity index (χ3n) is 7.20. The maximum Gasteiger partial charge on any atom is 0.471 e. The van der Waals surface area contributed by atoms with Crippen LogP contribution in [0.4, 0.5) is 32.0 Å². The molecule has 2 heterocycles. The smallest absolute Gasteiger partial charge is 0.344 e. The van der Waals surface area contributed by atoms with Gasteiger partial charge in [-0.2, -0.15) is 31.4 Å². The van der Waals surface area contributed by atoms with Crippen molar-refractivity contribution in [3.8, 4) is 16.8 Å². The lowest BCUT2D eigenvalue weighted by Gasteiger charge is -2.22. The van der Waals surface area contributed by atoms with E-state index in [0.717, 1.165) is 10.9 Å². The molecule has 1 aliphatic heterocycles. The van der Waals surface area contributed by atoms with Crippen LogP contribution in [-0.4, -0.2) is 49.0 Å². The highest BCUT2D eigenvalue weighted by Gasteiger charge is 2.43. The topological polar surface area (TPSA) is 101 Å². The fraction of sp³-hybridized carbons (Fsp3) is 0.233. The second kappa shape index (κ2) is 11.7. The zero-order valence-electron chi connectivity index (χ0n) is 23.4. The van der Waals surface area contributed by atoms with Crippen LogP contribution in [0.15, 0.2) is 77.7 Å². The van der Waals surface area contributed by atoms with Gasteiger partial charge in [0.05, 0.1) is 10.6 Å². The molecule has 8 nitrogen and oxygen atoms in total. The van der Waals surface area contributed by atoms with Crippen LogP contribution in [-0.2, 0) is 33.8 Å². The highest BCUT2D eigenvalue weighted by atomic mass is 32.2. The van der Waals surface area contributed by atoms with E-state index in [1.165, 1.54) is 35.2 Å². The molecule has 0 saturated carbocycles. The van der Waals surface area contributed by atoms with Crippen molar-refractivity contribution in [3.63, 3.8) is 0 Å². The highest BCUT2D eigenvalue weighted by molar-refractivity contribution is 7.90. The van der Waals surface area contributed by atoms with Crippen LogP contribution in [0.2, 0.25) is 0 Å². The van der Waals surface area contributed by atoms with Crippen molar-refractivity contribution in [1.82, 2.24) is 15.1 Å². The number of hydrogen-bond acceptors (Lipinski definition) is 5. The minimum Gasteiger partial charge on any atom is -0.344 e. The molecule has 0 unspecified atom stereocenters. The number of para-hydroxylation sites is 1. The molecule has 15 heteroatoms. The number of fused-ring (bicyclic) bond motifs is 1. The first kappa shape index (κ1) is 31.8. The monoisotopic (exact) mass is 650 g/mol. The molecule has 4 aromatic rings. The van der Waals surface area contributed by atoms with Gasteiger partial charge in [-0.3, -0.25) is 9.59 Å². The first-order valence-electron chi connectivity index (χ1n) is 13.4. The van der Waals surface area contributed by atoms with Crippen LogP contribution >= 0.6 is 0 Å². The zero-order chi connectivity index (χ0) is 32.7. The van der Waals surface area contributed by atoms with Crippen LogP contribution in [0.5, 0.6) is 0 Å². The highest BCUT2D eigenvalue weighted by Crippen LogP contribution is 2.38. The first-order valence-corrected chi connectivity index (χ1v) is 15.3. The lowest BCUT2D eigenvalue weighted by atomic mass is 10.0. The van der Waals surface area contributed by atoms with E-state index in [0.29, 0.717) is 16.8 Å². The van der Waals surface area contributed by atoms with Gasteiger partial charge in [0.25, 0.3) is 5.91 Å². The normalized spacial score (nSPS) is 14.2. The van der Waals surface area contributed by atoms with Gasteiger partial charge in [0.2, 0.25) is 0 Å². The molecule has 45 heavy (non-hydrogen) atoms. The summed E-state index contributed by atoms with van der Waals surface area (Å²) in [7, 11) is -3.57. The number of hydrogen-bond donors (Lipinski definition) is 1. The molecule has 0 bridgehead atoms. The molecule has 0 spiro atoms. The van der Waals surface area contributed by atoms with Gasteiger partial charge in [-0.15, -0.1) is 0 Å². The average molecular weight is 651 g/mol. The second-order valence-electron chi connectivity index (χ2n) is 10.3. The zero-order valence-corrected chi connectivity index (χ0v) is 24.2. The Balaban J connectivity index is 1.57. The number of rotatable bonds is 6. The summed E-state index contributed by atoms with van der Waals surface area (Å²) in [6.07, 6.45) is -9.08. The fourth-order valence-electron chi connectivity index (χ4n) is 5.19. The van der Waals surface area contributed by atoms with Crippen molar-refractivity contribution in [1.29, 1.82) is 0 Å². The van der Waals surface area contributed by atoms with Crippen LogP contribution in [0, 0.1) is 0 Å². The van der Waals surface area contributed by atoms with E-state index in [9.17, 15) is 44.3 Å². The van der Waals surface area contributed by atoms with Gasteiger partial charge in [0.15, 0.2) is 15.5 Å². The summed E-state index contributed by atoms with van der Waals surface area (Å²) >= 11 is 0. The quantitative estimate of drug-likeness (QED) is 0.269. The number of benzene rings is 3. The Morgan fingerprint density at radius 1 is 0.933 bits per heavy atom. The van der Waals surface area contributed by atoms with Gasteiger partial charge >= 0.3 is 18.3 Å². The molecule has 0 saturated heterocycles. The van der Waals surface area contributed by atoms with Gasteiger partial charge in [0.1, 0.15) is 5.69 Å². The summed E-state index contributed by atoms with van der Waals surface area (Å²) in [6, 6.07) is 18.0. The van der Waals surface area contributed by atoms with Crippen LogP contribution in [0.25, 0.3) is 16.8 Å². The molecule has 1 N–H and O–H groups in total. The molecular formula is C30H24F6N4O4S. The number of halogens is 6. The predicted octanol–water partition coefficient (Wildman–Crippen LogP) is 5.73. The van der Waals surface area contributed by atoms with Gasteiger partial charge in [0, 0.05) is 36.2 Å². The summed E-state index contributed by atoms with van der Waals surface area (Å²) in [6.45, 7) is -0.661. The van der Waals surface area contributed by atoms with Crippen molar-refractivity contribution < 1.29 is 44.3 Å². The minimum absolute atomic E-state index is 0.00776. The molecule has 3 aromatic carbocycles. The lowest BCUT2D eigenvalue weighted by molar-refractivity contribution is -0.173. The Morgan fingerprint density at radius 3 is 2.22 bits per heavy atom. The van der Waals surface area contributed by atoms with Crippen molar-refractivity contribution in [2.45, 2.75) is 36.6 Å². The van der Waals surface area contributed by atoms with Crippen molar-refractivity contribution in [3.05, 3.63) is 95.3 Å². The molecule has 0 atom stereocenters. The molecule has 1 aliphatic rings. The molecule has 1 aromatic heterocycles. The summed E-state index contributed by atoms with van der Waals surface area (Å²) in [5.74, 6) is -3.07. The molecule has 0 aliphatic carbocycles. The van der Waals surface area contributed by atoms with Gasteiger partial charge in [-0.25, -0.2) is 13.1 Å². The largest absolute Gasteiger partial charge is 0.471 e. The second-order valence-corrected chi connectivity index (χ2v) is 12.3. The fourth-order valence-corrected chi connectivity index (χ4v) is 6.10. The Kier molecular flexibility index (Phi) is 8.25. The minimum atomic E-state index is -5.18. The Morgan fingerprint density at radius 2 is 1.58 bits per heavy atom. The van der Waals surface area contributed by atoms with E-state index in [1.54, 1.807) is 47.8 Å². The van der Waals surface area contributed by atoms with E-state index in [-0.39, 0.29) is 41.1 Å². The van der Waals surface area contributed by atoms with E-state index in [2.05, 4.69) is 5.10 Å². The molecule has 0 radical (unpaired) electrons. The van der Waals surface area contributed by atoms with Gasteiger partial charge in [-0.05, 0) is 48.2 Å². The van der Waals surface area contributed by atoms with Crippen molar-refractivity contribution in [2.75, 3.05) is 17.7 Å². The van der Waals surface area contributed by atoms with Crippen molar-refractivity contribution in [2.24, 2.45) is 0 Å². The number of sulfone groups is 1. The summed E-state index contributed by atoms with van der Waals surface area (Å²) < 4.78 is 106. The maximum absolute atomic E-state index is 14.2. The number of carbonyl (C=O) groups excluding carboxylic acids is 2. The molecule has 236 valence electrons. The standard InChI is InChI=1S/C30H24F6N4O4S/c1-45(43,44)24-11-5-3-8-21(24)18-12-14-20(15-13-18)39-16-6-9-22-25(27(39)41)40(38-26(22)29(31,32)33)23-10-4-2-7-19(23)17-37-28(42)30(34,35)36/h2-5,7-8,10-15H,6,9,16-17H2,1H3,(H,37,42). The Labute approximate surface area is 253 Å². The molecule has 0 fully saturated rings. The summed E-state index contributed by atoms with van der Waals surface area (Å²) in [5.41, 5.74) is -0.917. The number of anilines is 1. The lowest BCUT2D eigenvalue weighted by Crippen LogP contribution is -2.36. The predicted molar refractivity (Wildman–Crippen MR) is 151 cm³/mol. The molecule has 2 amide bonds. The van der Waals surface area contributed by atoms with Crippen LogP contribution in [0.3, 0.4) is 0 Å². The number of nitrogens with zero attached hydrogens (tertiary/aromatic N) is 3. The van der Waals surface area contributed by atoms with Crippen molar-refractivity contribution >= 4 is 27.3 Å². The van der Waals surface area contributed by atoms with Gasteiger partial charge < -0.3 is 10.2 Å². The Bertz CT molecular complexity index is 1880. The third-order valence-corrected chi connectivity index (χ3v) is 8.36. The first-order chi connectivity index (χ1) is 21.1. The summed E-state index contributed by atoms with van der Waals surface area (Å²) in [4.78, 5) is 26.8. The third kappa shape index (κ3) is 6.43. The summed E-state index contributed by atoms with van der Waals surface area (Å²) in [5, 5.41) is 5.42. The van der Waals surface area contributed by atoms with Crippen LogP contribution < -0.4 is 10.2 Å². The number of amides is 2. The van der Waals surface area contributed by atoms with E-state index < -0.39 is 51.9 Å². The van der Waals surface area contributed by atoms with Gasteiger partial charge in [-0.1, -0.05) is 48.5 Å². The molecule has 5 rings (SSSR count). The number of aromatic nitrogens is 2.